The molecule has 1 atom stereocenters. The lowest BCUT2D eigenvalue weighted by Crippen LogP contribution is -2.47. The van der Waals surface area contributed by atoms with Gasteiger partial charge in [0, 0.05) is 16.1 Å². The zero-order valence-corrected chi connectivity index (χ0v) is 13.3. The summed E-state index contributed by atoms with van der Waals surface area (Å²) in [6.45, 7) is 6.66. The minimum absolute atomic E-state index is 0.319. The minimum atomic E-state index is 0.319. The van der Waals surface area contributed by atoms with Gasteiger partial charge in [0.05, 0.1) is 19.3 Å². The number of halogens is 1. The second-order valence-corrected chi connectivity index (χ2v) is 6.07. The van der Waals surface area contributed by atoms with Crippen molar-refractivity contribution in [3.63, 3.8) is 0 Å². The Morgan fingerprint density at radius 3 is 2.48 bits per heavy atom. The number of hydrogen-bond acceptors (Lipinski definition) is 0. The Labute approximate surface area is 132 Å². The van der Waals surface area contributed by atoms with Gasteiger partial charge in [0.25, 0.3) is 0 Å². The maximum absolute atomic E-state index is 6.25. The molecule has 0 N–H and O–H groups in total. The van der Waals surface area contributed by atoms with Gasteiger partial charge in [0.2, 0.25) is 0 Å². The molecule has 0 fully saturated rings. The summed E-state index contributed by atoms with van der Waals surface area (Å²) < 4.78 is 0.942. The fraction of sp³-hybridized carbons (Fsp3) is 0.263. The van der Waals surface area contributed by atoms with Crippen molar-refractivity contribution in [2.75, 3.05) is 13.1 Å². The van der Waals surface area contributed by atoms with Crippen LogP contribution in [0.5, 0.6) is 0 Å². The molecule has 1 aliphatic rings. The Balaban J connectivity index is 2.22. The monoisotopic (exact) mass is 298 g/mol. The Kier molecular flexibility index (Phi) is 3.88. The summed E-state index contributed by atoms with van der Waals surface area (Å²) in [5.41, 5.74) is 4.01. The summed E-state index contributed by atoms with van der Waals surface area (Å²) in [5, 5.41) is 0.810. The van der Waals surface area contributed by atoms with E-state index in [2.05, 4.69) is 68.6 Å². The third kappa shape index (κ3) is 2.41. The predicted molar refractivity (Wildman–Crippen MR) is 90.1 cm³/mol. The average Bonchev–Trinajstić information content (AvgIpc) is 2.53. The molecule has 0 saturated carbocycles. The number of fused-ring (bicyclic) bond motifs is 1. The Bertz CT molecular complexity index is 671. The molecule has 0 amide bonds. The smallest absolute Gasteiger partial charge is 0.145 e. The van der Waals surface area contributed by atoms with Gasteiger partial charge in [0.15, 0.2) is 0 Å². The Morgan fingerprint density at radius 2 is 1.76 bits per heavy atom. The van der Waals surface area contributed by atoms with E-state index in [0.29, 0.717) is 6.04 Å². The van der Waals surface area contributed by atoms with Crippen molar-refractivity contribution in [1.29, 1.82) is 0 Å². The lowest BCUT2D eigenvalue weighted by molar-refractivity contribution is -0.901. The molecule has 2 heteroatoms. The van der Waals surface area contributed by atoms with Crippen molar-refractivity contribution in [3.05, 3.63) is 76.4 Å². The van der Waals surface area contributed by atoms with Gasteiger partial charge < -0.3 is 0 Å². The topological polar surface area (TPSA) is 0 Å². The van der Waals surface area contributed by atoms with Gasteiger partial charge >= 0.3 is 0 Å². The highest BCUT2D eigenvalue weighted by Crippen LogP contribution is 2.41. The van der Waals surface area contributed by atoms with Crippen LogP contribution in [0.1, 0.15) is 36.6 Å². The van der Waals surface area contributed by atoms with Crippen LogP contribution in [0.4, 0.5) is 0 Å². The highest BCUT2D eigenvalue weighted by molar-refractivity contribution is 6.30. The summed E-state index contributed by atoms with van der Waals surface area (Å²) in [6, 6.07) is 17.3. The van der Waals surface area contributed by atoms with Crippen LogP contribution in [-0.2, 0) is 0 Å². The Hall–Kier alpha value is -1.57. The molecular formula is C19H21ClN+. The maximum Gasteiger partial charge on any atom is 0.145 e. The number of rotatable bonds is 3. The van der Waals surface area contributed by atoms with Gasteiger partial charge in [0.1, 0.15) is 6.04 Å². The second-order valence-electron chi connectivity index (χ2n) is 5.64. The zero-order valence-electron chi connectivity index (χ0n) is 12.6. The van der Waals surface area contributed by atoms with E-state index in [4.69, 9.17) is 11.6 Å². The normalized spacial score (nSPS) is 19.3. The molecule has 0 bridgehead atoms. The van der Waals surface area contributed by atoms with E-state index < -0.39 is 0 Å². The van der Waals surface area contributed by atoms with Gasteiger partial charge in [-0.05, 0) is 37.6 Å². The molecule has 1 unspecified atom stereocenters. The van der Waals surface area contributed by atoms with Crippen LogP contribution >= 0.6 is 11.6 Å². The average molecular weight is 299 g/mol. The lowest BCUT2D eigenvalue weighted by Gasteiger charge is -2.43. The van der Waals surface area contributed by atoms with Crippen LogP contribution in [0.3, 0.4) is 0 Å². The molecule has 1 aliphatic heterocycles. The first kappa shape index (κ1) is 14.4. The standard InChI is InChI=1S/C19H21ClN/c1-3-21(4-2)13-12-15-8-5-6-11-18(15)19(21)16-9-7-10-17(20)14-16/h5-14,19H,3-4H2,1-2H3/q+1. The molecule has 0 spiro atoms. The fourth-order valence-corrected chi connectivity index (χ4v) is 3.65. The predicted octanol–water partition coefficient (Wildman–Crippen LogP) is 5.27. The van der Waals surface area contributed by atoms with Crippen LogP contribution in [0.2, 0.25) is 5.02 Å². The number of benzene rings is 2. The molecule has 2 aromatic rings. The first-order chi connectivity index (χ1) is 10.2. The third-order valence-electron chi connectivity index (χ3n) is 4.70. The van der Waals surface area contributed by atoms with Gasteiger partial charge in [-0.2, -0.15) is 0 Å². The number of quaternary nitrogens is 1. The molecule has 21 heavy (non-hydrogen) atoms. The molecular weight excluding hydrogens is 278 g/mol. The molecule has 0 aliphatic carbocycles. The van der Waals surface area contributed by atoms with E-state index in [0.717, 1.165) is 22.6 Å². The fourth-order valence-electron chi connectivity index (χ4n) is 3.46. The van der Waals surface area contributed by atoms with E-state index in [-0.39, 0.29) is 0 Å². The summed E-state index contributed by atoms with van der Waals surface area (Å²) in [5.74, 6) is 0. The van der Waals surface area contributed by atoms with E-state index in [9.17, 15) is 0 Å². The Morgan fingerprint density at radius 1 is 1.00 bits per heavy atom. The molecule has 0 saturated heterocycles. The number of hydrogen-bond donors (Lipinski definition) is 0. The largest absolute Gasteiger partial charge is 0.288 e. The summed E-state index contributed by atoms with van der Waals surface area (Å²) in [4.78, 5) is 0. The van der Waals surface area contributed by atoms with E-state index in [1.165, 1.54) is 16.7 Å². The summed E-state index contributed by atoms with van der Waals surface area (Å²) in [7, 11) is 0. The van der Waals surface area contributed by atoms with Gasteiger partial charge in [-0.1, -0.05) is 48.0 Å². The second kappa shape index (κ2) is 5.67. The molecule has 3 rings (SSSR count). The van der Waals surface area contributed by atoms with Crippen LogP contribution in [0.25, 0.3) is 6.08 Å². The van der Waals surface area contributed by atoms with Gasteiger partial charge in [-0.3, -0.25) is 4.48 Å². The van der Waals surface area contributed by atoms with E-state index in [1.807, 2.05) is 6.07 Å². The van der Waals surface area contributed by atoms with Crippen LogP contribution in [-0.4, -0.2) is 17.6 Å². The summed E-state index contributed by atoms with van der Waals surface area (Å²) in [6.07, 6.45) is 4.62. The molecule has 0 aromatic heterocycles. The van der Waals surface area contributed by atoms with Crippen molar-refractivity contribution in [3.8, 4) is 0 Å². The maximum atomic E-state index is 6.25. The van der Waals surface area contributed by atoms with Gasteiger partial charge in [-0.15, -0.1) is 0 Å². The SMILES string of the molecule is CC[N+]1(CC)C=Cc2ccccc2C1c1cccc(Cl)c1. The van der Waals surface area contributed by atoms with Crippen molar-refractivity contribution in [1.82, 2.24) is 0 Å². The first-order valence-corrected chi connectivity index (χ1v) is 7.98. The van der Waals surface area contributed by atoms with Crippen LogP contribution in [0.15, 0.2) is 54.7 Å². The quantitative estimate of drug-likeness (QED) is 0.677. The van der Waals surface area contributed by atoms with E-state index in [1.54, 1.807) is 0 Å². The van der Waals surface area contributed by atoms with Crippen LogP contribution in [0, 0.1) is 0 Å². The highest BCUT2D eigenvalue weighted by Gasteiger charge is 2.38. The van der Waals surface area contributed by atoms with Crippen molar-refractivity contribution in [2.24, 2.45) is 0 Å². The highest BCUT2D eigenvalue weighted by atomic mass is 35.5. The van der Waals surface area contributed by atoms with Crippen molar-refractivity contribution in [2.45, 2.75) is 19.9 Å². The summed E-state index contributed by atoms with van der Waals surface area (Å²) >= 11 is 6.25. The minimum Gasteiger partial charge on any atom is -0.288 e. The van der Waals surface area contributed by atoms with Crippen molar-refractivity contribution >= 4 is 17.7 Å². The third-order valence-corrected chi connectivity index (χ3v) is 4.93. The molecule has 0 radical (unpaired) electrons. The first-order valence-electron chi connectivity index (χ1n) is 7.60. The lowest BCUT2D eigenvalue weighted by atomic mass is 9.88. The van der Waals surface area contributed by atoms with Crippen molar-refractivity contribution < 1.29 is 4.48 Å². The molecule has 108 valence electrons. The molecule has 1 nitrogen and oxygen atoms in total. The van der Waals surface area contributed by atoms with E-state index >= 15 is 0 Å². The molecule has 1 heterocycles. The van der Waals surface area contributed by atoms with Crippen LogP contribution < -0.4 is 0 Å². The van der Waals surface area contributed by atoms with Gasteiger partial charge in [-0.25, -0.2) is 0 Å². The molecule has 2 aromatic carbocycles. The number of nitrogens with zero attached hydrogens (tertiary/aromatic N) is 1. The zero-order chi connectivity index (χ0) is 14.9.